The van der Waals surface area contributed by atoms with Gasteiger partial charge in [-0.25, -0.2) is 0 Å². The maximum Gasteiger partial charge on any atom is 3.00 e. The zero-order valence-corrected chi connectivity index (χ0v) is 8.56. The largest absolute Gasteiger partial charge is 3.00 e. The second-order valence-corrected chi connectivity index (χ2v) is 1.34. The predicted molar refractivity (Wildman–Crippen MR) is 24.9 cm³/mol. The van der Waals surface area contributed by atoms with E-state index in [0.717, 1.165) is 0 Å². The molecule has 0 atom stereocenters. The van der Waals surface area contributed by atoms with Crippen LogP contribution in [0.2, 0.25) is 0 Å². The van der Waals surface area contributed by atoms with E-state index in [0.29, 0.717) is 0 Å². The van der Waals surface area contributed by atoms with Crippen LogP contribution in [0.25, 0.3) is 0 Å². The number of hydrogen-bond donors (Lipinski definition) is 0. The third kappa shape index (κ3) is 102. The second-order valence-electron chi connectivity index (χ2n) is 0.447. The van der Waals surface area contributed by atoms with Gasteiger partial charge in [-0.15, -0.1) is 0 Å². The van der Waals surface area contributed by atoms with Crippen molar-refractivity contribution in [2.24, 2.45) is 0 Å². The van der Waals surface area contributed by atoms with Crippen LogP contribution in [0.5, 0.6) is 0 Å². The summed E-state index contributed by atoms with van der Waals surface area (Å²) in [5.41, 5.74) is 0. The SMILES string of the molecule is O=P([O-])([O-])[O-].[Al+3].[Al+3].[Mg+2]. The molecule has 0 unspecified atom stereocenters. The van der Waals surface area contributed by atoms with Crippen LogP contribution in [-0.2, 0) is 4.57 Å². The summed E-state index contributed by atoms with van der Waals surface area (Å²) < 4.78 is 8.55. The van der Waals surface area contributed by atoms with Crippen LogP contribution in [-0.4, -0.2) is 57.8 Å². The molecule has 0 rings (SSSR count). The number of phosphoric acid groups is 1. The average Bonchev–Trinajstić information content (AvgIpc) is 0.722. The van der Waals surface area contributed by atoms with Gasteiger partial charge in [0.25, 0.3) is 0 Å². The first-order chi connectivity index (χ1) is 2.00. The van der Waals surface area contributed by atoms with Crippen LogP contribution < -0.4 is 14.7 Å². The van der Waals surface area contributed by atoms with Gasteiger partial charge < -0.3 is 19.2 Å². The van der Waals surface area contributed by atoms with Crippen LogP contribution in [0.4, 0.5) is 0 Å². The van der Waals surface area contributed by atoms with E-state index in [4.69, 9.17) is 19.2 Å². The summed E-state index contributed by atoms with van der Waals surface area (Å²) >= 11 is 0. The molecule has 0 aromatic rings. The average molecular weight is 173 g/mol. The van der Waals surface area contributed by atoms with Gasteiger partial charge in [0, 0.05) is 0 Å². The quantitative estimate of drug-likeness (QED) is 0.276. The Balaban J connectivity index is -0.0000000267. The summed E-state index contributed by atoms with van der Waals surface area (Å²) in [5, 5.41) is 0. The first kappa shape index (κ1) is 22.5. The van der Waals surface area contributed by atoms with Gasteiger partial charge >= 0.3 is 57.8 Å². The first-order valence-corrected chi connectivity index (χ1v) is 2.19. The molecule has 0 aromatic heterocycles. The van der Waals surface area contributed by atoms with Crippen molar-refractivity contribution in [3.05, 3.63) is 0 Å². The molecule has 0 saturated heterocycles. The molecule has 0 aliphatic carbocycles. The summed E-state index contributed by atoms with van der Waals surface area (Å²) in [6, 6.07) is 0. The number of rotatable bonds is 0. The van der Waals surface area contributed by atoms with Crippen molar-refractivity contribution in [1.29, 1.82) is 0 Å². The molecule has 0 spiro atoms. The van der Waals surface area contributed by atoms with Gasteiger partial charge in [-0.2, -0.15) is 7.82 Å². The van der Waals surface area contributed by atoms with Gasteiger partial charge in [0.05, 0.1) is 0 Å². The molecule has 0 bridgehead atoms. The molecule has 0 aromatic carbocycles. The Labute approximate surface area is 84.3 Å². The van der Waals surface area contributed by atoms with Gasteiger partial charge in [0.2, 0.25) is 0 Å². The van der Waals surface area contributed by atoms with E-state index in [1.807, 2.05) is 0 Å². The van der Waals surface area contributed by atoms with Crippen LogP contribution in [0.15, 0.2) is 0 Å². The summed E-state index contributed by atoms with van der Waals surface area (Å²) in [5.74, 6) is 0. The maximum absolute atomic E-state index is 8.55. The third-order valence-electron chi connectivity index (χ3n) is 0. The van der Waals surface area contributed by atoms with Gasteiger partial charge in [-0.05, 0) is 0 Å². The zero-order valence-electron chi connectivity index (χ0n) is 3.94. The van der Waals surface area contributed by atoms with E-state index >= 15 is 0 Å². The Bertz CT molecular complexity index is 60.2. The fourth-order valence-corrected chi connectivity index (χ4v) is 0. The Hall–Kier alpha value is 1.94. The van der Waals surface area contributed by atoms with Crippen LogP contribution in [0, 0.1) is 0 Å². The molecule has 0 amide bonds. The molecule has 8 heteroatoms. The van der Waals surface area contributed by atoms with Crippen molar-refractivity contribution < 1.29 is 19.2 Å². The van der Waals surface area contributed by atoms with E-state index < -0.39 is 7.82 Å². The summed E-state index contributed by atoms with van der Waals surface area (Å²) in [6.45, 7) is 0. The maximum atomic E-state index is 8.55. The molecular formula is Al2MgO4P+5. The van der Waals surface area contributed by atoms with Crippen molar-refractivity contribution in [1.82, 2.24) is 0 Å². The topological polar surface area (TPSA) is 86.2 Å². The molecule has 0 fully saturated rings. The predicted octanol–water partition coefficient (Wildman–Crippen LogP) is -3.97. The monoisotopic (exact) mass is 173 g/mol. The zero-order chi connectivity index (χ0) is 4.50. The van der Waals surface area contributed by atoms with Crippen molar-refractivity contribution in [3.63, 3.8) is 0 Å². The van der Waals surface area contributed by atoms with Crippen molar-refractivity contribution in [3.8, 4) is 0 Å². The van der Waals surface area contributed by atoms with E-state index in [-0.39, 0.29) is 57.8 Å². The number of hydrogen-bond acceptors (Lipinski definition) is 4. The molecule has 0 radical (unpaired) electrons. The fourth-order valence-electron chi connectivity index (χ4n) is 0. The normalized spacial score (nSPS) is 7.38. The van der Waals surface area contributed by atoms with Gasteiger partial charge in [0.1, 0.15) is 0 Å². The summed E-state index contributed by atoms with van der Waals surface area (Å²) in [7, 11) is -5.39. The van der Waals surface area contributed by atoms with Gasteiger partial charge in [0.15, 0.2) is 0 Å². The summed E-state index contributed by atoms with van der Waals surface area (Å²) in [6.07, 6.45) is 0. The Kier molecular flexibility index (Phi) is 25.2. The van der Waals surface area contributed by atoms with Crippen molar-refractivity contribution >= 4 is 65.6 Å². The van der Waals surface area contributed by atoms with E-state index in [2.05, 4.69) is 0 Å². The molecule has 32 valence electrons. The van der Waals surface area contributed by atoms with Crippen molar-refractivity contribution in [2.75, 3.05) is 0 Å². The molecule has 0 aliphatic heterocycles. The minimum atomic E-state index is -5.39. The molecule has 0 heterocycles. The van der Waals surface area contributed by atoms with E-state index in [1.165, 1.54) is 0 Å². The second kappa shape index (κ2) is 8.94. The smallest absolute Gasteiger partial charge is 0.822 e. The molecule has 0 aliphatic rings. The molecular weight excluding hydrogens is 173 g/mol. The third-order valence-corrected chi connectivity index (χ3v) is 0. The van der Waals surface area contributed by atoms with Crippen LogP contribution in [0.1, 0.15) is 0 Å². The molecule has 4 nitrogen and oxygen atoms in total. The van der Waals surface area contributed by atoms with Gasteiger partial charge in [-0.1, -0.05) is 0 Å². The minimum absolute atomic E-state index is 0. The molecule has 8 heavy (non-hydrogen) atoms. The van der Waals surface area contributed by atoms with Crippen molar-refractivity contribution in [2.45, 2.75) is 0 Å². The van der Waals surface area contributed by atoms with E-state index in [1.54, 1.807) is 0 Å². The summed E-state index contributed by atoms with van der Waals surface area (Å²) in [4.78, 5) is 25.6. The Morgan fingerprint density at radius 2 is 1.00 bits per heavy atom. The van der Waals surface area contributed by atoms with Crippen LogP contribution >= 0.6 is 7.82 Å². The van der Waals surface area contributed by atoms with E-state index in [9.17, 15) is 0 Å². The standard InChI is InChI=1S/2Al.Mg.H3O4P/c;;;1-5(2,3)4/h;;;(H3,1,2,3,4)/q2*+3;+2;/p-3. The first-order valence-electron chi connectivity index (χ1n) is 0.730. The van der Waals surface area contributed by atoms with Gasteiger partial charge in [-0.3, -0.25) is 0 Å². The Morgan fingerprint density at radius 1 is 1.00 bits per heavy atom. The fraction of sp³-hybridized carbons (Fsp3) is 0. The molecule has 0 N–H and O–H groups in total. The van der Waals surface area contributed by atoms with Crippen LogP contribution in [0.3, 0.4) is 0 Å². The molecule has 0 saturated carbocycles. The minimum Gasteiger partial charge on any atom is -0.822 e. The Morgan fingerprint density at radius 3 is 1.00 bits per heavy atom.